The summed E-state index contributed by atoms with van der Waals surface area (Å²) < 4.78 is 1.89. The molecule has 2 N–H and O–H groups in total. The number of nitrogens with zero attached hydrogens (tertiary/aromatic N) is 5. The van der Waals surface area contributed by atoms with Crippen molar-refractivity contribution in [2.75, 3.05) is 20.1 Å². The van der Waals surface area contributed by atoms with Crippen LogP contribution in [0.2, 0.25) is 0 Å². The van der Waals surface area contributed by atoms with Crippen molar-refractivity contribution in [3.63, 3.8) is 0 Å². The highest BCUT2D eigenvalue weighted by Crippen LogP contribution is 2.13. The highest BCUT2D eigenvalue weighted by Gasteiger charge is 2.10. The summed E-state index contributed by atoms with van der Waals surface area (Å²) in [6, 6.07) is 13.0. The molecular formula is C24H32IN7. The normalized spacial score (nSPS) is 14.6. The van der Waals surface area contributed by atoms with Crippen LogP contribution in [0.4, 0.5) is 0 Å². The molecular weight excluding hydrogens is 513 g/mol. The van der Waals surface area contributed by atoms with Gasteiger partial charge in [0.15, 0.2) is 5.96 Å². The first-order chi connectivity index (χ1) is 15.3. The number of rotatable bonds is 7. The topological polar surface area (TPSA) is 70.4 Å². The standard InChI is InChI=1S/C24H31N7.HI/c1-25-24(29-17-22-9-10-27-23(15-22)31-14-11-26-19-31)28-16-20-5-7-21(8-6-20)18-30-12-3-2-4-13-30;/h5-11,14-15,19H,2-4,12-13,16-18H2,1H3,(H2,25,28,29);1H. The number of piperidine rings is 1. The first-order valence-corrected chi connectivity index (χ1v) is 11.0. The first-order valence-electron chi connectivity index (χ1n) is 11.0. The monoisotopic (exact) mass is 545 g/mol. The minimum absolute atomic E-state index is 0. The second kappa shape index (κ2) is 12.5. The Morgan fingerprint density at radius 2 is 1.66 bits per heavy atom. The molecule has 3 heterocycles. The number of aliphatic imine (C=N–C) groups is 1. The lowest BCUT2D eigenvalue weighted by Gasteiger charge is -2.26. The molecule has 0 saturated carbocycles. The summed E-state index contributed by atoms with van der Waals surface area (Å²) in [7, 11) is 1.79. The first kappa shape index (κ1) is 24.2. The molecule has 1 saturated heterocycles. The zero-order valence-corrected chi connectivity index (χ0v) is 20.9. The summed E-state index contributed by atoms with van der Waals surface area (Å²) in [6.07, 6.45) is 11.2. The molecule has 0 aliphatic carbocycles. The van der Waals surface area contributed by atoms with Gasteiger partial charge in [-0.1, -0.05) is 30.7 Å². The van der Waals surface area contributed by atoms with Crippen molar-refractivity contribution in [1.29, 1.82) is 0 Å². The molecule has 0 atom stereocenters. The minimum Gasteiger partial charge on any atom is -0.352 e. The summed E-state index contributed by atoms with van der Waals surface area (Å²) >= 11 is 0. The van der Waals surface area contributed by atoms with Gasteiger partial charge in [-0.15, -0.1) is 24.0 Å². The average Bonchev–Trinajstić information content (AvgIpc) is 3.36. The molecule has 7 nitrogen and oxygen atoms in total. The number of guanidine groups is 1. The largest absolute Gasteiger partial charge is 0.352 e. The fourth-order valence-electron chi connectivity index (χ4n) is 3.84. The lowest BCUT2D eigenvalue weighted by Crippen LogP contribution is -2.36. The number of hydrogen-bond acceptors (Lipinski definition) is 4. The van der Waals surface area contributed by atoms with E-state index in [1.54, 1.807) is 19.6 Å². The molecule has 2 aromatic heterocycles. The van der Waals surface area contributed by atoms with E-state index in [1.807, 2.05) is 29.1 Å². The Morgan fingerprint density at radius 1 is 0.938 bits per heavy atom. The summed E-state index contributed by atoms with van der Waals surface area (Å²) in [5.74, 6) is 1.63. The number of benzene rings is 1. The Hall–Kier alpha value is -2.46. The van der Waals surface area contributed by atoms with Gasteiger partial charge in [0.2, 0.25) is 0 Å². The average molecular weight is 545 g/mol. The number of halogens is 1. The van der Waals surface area contributed by atoms with Crippen molar-refractivity contribution in [3.8, 4) is 5.82 Å². The van der Waals surface area contributed by atoms with Gasteiger partial charge in [-0.2, -0.15) is 0 Å². The predicted molar refractivity (Wildman–Crippen MR) is 139 cm³/mol. The van der Waals surface area contributed by atoms with E-state index < -0.39 is 0 Å². The third kappa shape index (κ3) is 7.03. The van der Waals surface area contributed by atoms with Gasteiger partial charge in [-0.25, -0.2) is 9.97 Å². The number of hydrogen-bond donors (Lipinski definition) is 2. The van der Waals surface area contributed by atoms with Gasteiger partial charge in [-0.05, 0) is 54.8 Å². The van der Waals surface area contributed by atoms with E-state index in [-0.39, 0.29) is 24.0 Å². The van der Waals surface area contributed by atoms with Crippen LogP contribution in [0.25, 0.3) is 5.82 Å². The van der Waals surface area contributed by atoms with Gasteiger partial charge in [0.25, 0.3) is 0 Å². The fourth-order valence-corrected chi connectivity index (χ4v) is 3.84. The summed E-state index contributed by atoms with van der Waals surface area (Å²) in [5, 5.41) is 6.77. The second-order valence-corrected chi connectivity index (χ2v) is 7.92. The fraction of sp³-hybridized carbons (Fsp3) is 0.375. The molecule has 0 bridgehead atoms. The maximum Gasteiger partial charge on any atom is 0.191 e. The highest BCUT2D eigenvalue weighted by molar-refractivity contribution is 14.0. The molecule has 0 amide bonds. The Morgan fingerprint density at radius 3 is 2.34 bits per heavy atom. The zero-order valence-electron chi connectivity index (χ0n) is 18.6. The van der Waals surface area contributed by atoms with E-state index in [2.05, 4.69) is 54.8 Å². The van der Waals surface area contributed by atoms with Crippen LogP contribution in [0.5, 0.6) is 0 Å². The van der Waals surface area contributed by atoms with Crippen LogP contribution < -0.4 is 10.6 Å². The molecule has 0 radical (unpaired) electrons. The number of imidazole rings is 1. The van der Waals surface area contributed by atoms with E-state index in [9.17, 15) is 0 Å². The maximum atomic E-state index is 4.40. The quantitative estimate of drug-likeness (QED) is 0.269. The minimum atomic E-state index is 0. The molecule has 1 aliphatic rings. The van der Waals surface area contributed by atoms with Crippen molar-refractivity contribution in [1.82, 2.24) is 30.1 Å². The molecule has 1 fully saturated rings. The predicted octanol–water partition coefficient (Wildman–Crippen LogP) is 3.74. The number of aromatic nitrogens is 3. The van der Waals surface area contributed by atoms with Crippen molar-refractivity contribution in [2.24, 2.45) is 4.99 Å². The van der Waals surface area contributed by atoms with Crippen LogP contribution in [0.1, 0.15) is 36.0 Å². The van der Waals surface area contributed by atoms with Gasteiger partial charge >= 0.3 is 0 Å². The second-order valence-electron chi connectivity index (χ2n) is 7.92. The van der Waals surface area contributed by atoms with Gasteiger partial charge in [-0.3, -0.25) is 14.5 Å². The zero-order chi connectivity index (χ0) is 21.3. The lowest BCUT2D eigenvalue weighted by molar-refractivity contribution is 0.221. The molecule has 1 aliphatic heterocycles. The number of likely N-dealkylation sites (tertiary alicyclic amines) is 1. The molecule has 1 aromatic carbocycles. The van der Waals surface area contributed by atoms with Crippen LogP contribution in [0.3, 0.4) is 0 Å². The Labute approximate surface area is 207 Å². The van der Waals surface area contributed by atoms with Crippen LogP contribution >= 0.6 is 24.0 Å². The third-order valence-corrected chi connectivity index (χ3v) is 5.60. The van der Waals surface area contributed by atoms with Gasteiger partial charge in [0, 0.05) is 45.3 Å². The number of pyridine rings is 1. The van der Waals surface area contributed by atoms with E-state index in [1.165, 1.54) is 43.5 Å². The van der Waals surface area contributed by atoms with Crippen molar-refractivity contribution in [3.05, 3.63) is 78.0 Å². The highest BCUT2D eigenvalue weighted by atomic mass is 127. The van der Waals surface area contributed by atoms with Crippen LogP contribution in [-0.2, 0) is 19.6 Å². The summed E-state index contributed by atoms with van der Waals surface area (Å²) in [4.78, 5) is 15.4. The summed E-state index contributed by atoms with van der Waals surface area (Å²) in [5.41, 5.74) is 3.76. The van der Waals surface area contributed by atoms with E-state index in [4.69, 9.17) is 0 Å². The van der Waals surface area contributed by atoms with Crippen molar-refractivity contribution >= 4 is 29.9 Å². The molecule has 4 rings (SSSR count). The molecule has 0 unspecified atom stereocenters. The molecule has 3 aromatic rings. The summed E-state index contributed by atoms with van der Waals surface area (Å²) in [6.45, 7) is 4.92. The Balaban J connectivity index is 0.00000289. The number of nitrogens with one attached hydrogen (secondary N) is 2. The molecule has 0 spiro atoms. The van der Waals surface area contributed by atoms with Crippen LogP contribution in [-0.4, -0.2) is 45.5 Å². The molecule has 32 heavy (non-hydrogen) atoms. The lowest BCUT2D eigenvalue weighted by atomic mass is 10.1. The molecule has 170 valence electrons. The molecule has 8 heteroatoms. The van der Waals surface area contributed by atoms with Gasteiger partial charge in [0.05, 0.1) is 0 Å². The van der Waals surface area contributed by atoms with Gasteiger partial charge in [0.1, 0.15) is 12.1 Å². The van der Waals surface area contributed by atoms with E-state index in [0.717, 1.165) is 30.4 Å². The van der Waals surface area contributed by atoms with Crippen molar-refractivity contribution in [2.45, 2.75) is 38.9 Å². The smallest absolute Gasteiger partial charge is 0.191 e. The van der Waals surface area contributed by atoms with E-state index >= 15 is 0 Å². The van der Waals surface area contributed by atoms with Crippen LogP contribution in [0, 0.1) is 0 Å². The maximum absolute atomic E-state index is 4.40. The Bertz CT molecular complexity index is 964. The SMILES string of the molecule is CN=C(NCc1ccc(CN2CCCCC2)cc1)NCc1ccnc(-n2ccnc2)c1.I. The third-order valence-electron chi connectivity index (χ3n) is 5.60. The van der Waals surface area contributed by atoms with Crippen molar-refractivity contribution < 1.29 is 0 Å². The van der Waals surface area contributed by atoms with Crippen LogP contribution in [0.15, 0.2) is 66.3 Å². The van der Waals surface area contributed by atoms with Gasteiger partial charge < -0.3 is 10.6 Å². The van der Waals surface area contributed by atoms with E-state index in [0.29, 0.717) is 6.54 Å². The Kier molecular flexibility index (Phi) is 9.48.